The van der Waals surface area contributed by atoms with Gasteiger partial charge >= 0.3 is 5.82 Å². The van der Waals surface area contributed by atoms with Gasteiger partial charge in [-0.25, -0.2) is 4.98 Å². The van der Waals surface area contributed by atoms with Crippen LogP contribution in [-0.2, 0) is 22.4 Å². The van der Waals surface area contributed by atoms with Crippen molar-refractivity contribution < 1.29 is 19.5 Å². The molecule has 40 heavy (non-hydrogen) atoms. The zero-order valence-corrected chi connectivity index (χ0v) is 23.8. The van der Waals surface area contributed by atoms with Gasteiger partial charge in [-0.05, 0) is 68.8 Å². The Morgan fingerprint density at radius 1 is 1.15 bits per heavy atom. The van der Waals surface area contributed by atoms with Gasteiger partial charge in [-0.1, -0.05) is 35.9 Å². The van der Waals surface area contributed by atoms with Crippen LogP contribution >= 0.6 is 0 Å². The first kappa shape index (κ1) is 29.4. The molecule has 9 nitrogen and oxygen atoms in total. The molecule has 1 aromatic carbocycles. The molecule has 0 amide bonds. The number of aromatic nitrogens is 3. The molecule has 2 aromatic heterocycles. The molecule has 214 valence electrons. The smallest absolute Gasteiger partial charge is 0.307 e. The van der Waals surface area contributed by atoms with Crippen molar-refractivity contribution in [3.8, 4) is 11.4 Å². The molecule has 0 fully saturated rings. The van der Waals surface area contributed by atoms with Crippen molar-refractivity contribution >= 4 is 17.9 Å². The topological polar surface area (TPSA) is 103 Å². The lowest BCUT2D eigenvalue weighted by Crippen LogP contribution is -2.48. The van der Waals surface area contributed by atoms with Gasteiger partial charge in [-0.2, -0.15) is 0 Å². The lowest BCUT2D eigenvalue weighted by molar-refractivity contribution is -0.886. The average molecular weight is 548 g/mol. The molecule has 3 heterocycles. The van der Waals surface area contributed by atoms with Crippen LogP contribution in [0.1, 0.15) is 50.3 Å². The van der Waals surface area contributed by atoms with Crippen molar-refractivity contribution in [1.82, 2.24) is 14.9 Å². The third-order valence-corrected chi connectivity index (χ3v) is 7.72. The Hall–Kier alpha value is -3.56. The second-order valence-corrected chi connectivity index (χ2v) is 10.5. The van der Waals surface area contributed by atoms with Crippen molar-refractivity contribution in [3.05, 3.63) is 66.0 Å². The standard InChI is InChI=1S/C31H42N6O3/c1-3-31(24-38,35-28-16-19-33-30(37(28)39)26-10-5-4-6-11-26)17-21-36(22-23-40-2)20-8-7-13-27-15-14-25-12-9-18-32-29(25)34-27/h4-6,10-11,14-16,19,24,39H,3,7-9,12-13,17-18,20-23H2,1-2H3,(H,32,34)/p+1. The molecule has 1 atom stereocenters. The number of aryl methyl sites for hydroxylation is 2. The fraction of sp³-hybridized carbons (Fsp3) is 0.484. The number of hydrogen-bond donors (Lipinski definition) is 3. The Balaban J connectivity index is 1.35. The zero-order chi connectivity index (χ0) is 28.2. The van der Waals surface area contributed by atoms with Crippen LogP contribution in [-0.4, -0.2) is 71.8 Å². The number of methoxy groups -OCH3 is 1. The summed E-state index contributed by atoms with van der Waals surface area (Å²) in [6.45, 7) is 6.06. The summed E-state index contributed by atoms with van der Waals surface area (Å²) in [5.74, 6) is 1.89. The van der Waals surface area contributed by atoms with Crippen molar-refractivity contribution in [3.63, 3.8) is 0 Å². The van der Waals surface area contributed by atoms with Crippen molar-refractivity contribution in [2.24, 2.45) is 0 Å². The number of carbonyl (C=O) groups excluding carboxylic acids is 1. The molecule has 4 rings (SSSR count). The number of anilines is 2. The number of unbranched alkanes of at least 4 members (excludes halogenated alkanes) is 1. The highest BCUT2D eigenvalue weighted by molar-refractivity contribution is 5.69. The van der Waals surface area contributed by atoms with Gasteiger partial charge in [-0.3, -0.25) is 10.1 Å². The van der Waals surface area contributed by atoms with E-state index in [0.717, 1.165) is 80.0 Å². The Labute approximate surface area is 237 Å². The monoisotopic (exact) mass is 547 g/mol. The number of aldehydes is 1. The van der Waals surface area contributed by atoms with Gasteiger partial charge in [0.05, 0.1) is 12.2 Å². The molecule has 1 unspecified atom stereocenters. The predicted octanol–water partition coefficient (Wildman–Crippen LogP) is 4.15. The van der Waals surface area contributed by atoms with E-state index >= 15 is 0 Å². The molecule has 0 saturated carbocycles. The van der Waals surface area contributed by atoms with Crippen molar-refractivity contribution in [2.75, 3.05) is 50.5 Å². The van der Waals surface area contributed by atoms with E-state index in [-0.39, 0.29) is 0 Å². The minimum absolute atomic E-state index is 0.410. The number of fused-ring (bicyclic) bond motifs is 1. The maximum absolute atomic E-state index is 12.5. The van der Waals surface area contributed by atoms with E-state index in [9.17, 15) is 10.0 Å². The van der Waals surface area contributed by atoms with E-state index in [1.807, 2.05) is 37.3 Å². The fourth-order valence-electron chi connectivity index (χ4n) is 5.11. The number of carbonyl (C=O) groups is 1. The first-order valence-electron chi connectivity index (χ1n) is 14.4. The van der Waals surface area contributed by atoms with Crippen LogP contribution in [0.3, 0.4) is 0 Å². The maximum atomic E-state index is 12.5. The van der Waals surface area contributed by atoms with Crippen molar-refractivity contribution in [1.29, 1.82) is 0 Å². The summed E-state index contributed by atoms with van der Waals surface area (Å²) in [6.07, 6.45) is 9.08. The second kappa shape index (κ2) is 14.7. The minimum atomic E-state index is -0.828. The van der Waals surface area contributed by atoms with E-state index in [1.165, 1.54) is 12.0 Å². The molecule has 1 aliphatic rings. The number of nitrogens with one attached hydrogen (secondary N) is 2. The zero-order valence-electron chi connectivity index (χ0n) is 23.8. The molecular formula is C31H43N6O3+. The predicted molar refractivity (Wildman–Crippen MR) is 157 cm³/mol. The van der Waals surface area contributed by atoms with E-state index in [4.69, 9.17) is 9.72 Å². The third kappa shape index (κ3) is 7.76. The highest BCUT2D eigenvalue weighted by atomic mass is 16.5. The van der Waals surface area contributed by atoms with Crippen LogP contribution in [0.25, 0.3) is 11.4 Å². The summed E-state index contributed by atoms with van der Waals surface area (Å²) in [6, 6.07) is 15.5. The number of ether oxygens (including phenoxy) is 1. The molecular weight excluding hydrogens is 504 g/mol. The fourth-order valence-corrected chi connectivity index (χ4v) is 5.11. The van der Waals surface area contributed by atoms with Crippen LogP contribution < -0.4 is 15.4 Å². The van der Waals surface area contributed by atoms with Crippen LogP contribution in [0.15, 0.2) is 54.7 Å². The Morgan fingerprint density at radius 3 is 2.77 bits per heavy atom. The average Bonchev–Trinajstić information content (AvgIpc) is 3.00. The number of rotatable bonds is 16. The van der Waals surface area contributed by atoms with Gasteiger partial charge < -0.3 is 20.2 Å². The van der Waals surface area contributed by atoms with Gasteiger partial charge in [-0.15, -0.1) is 4.98 Å². The van der Waals surface area contributed by atoms with E-state index in [1.54, 1.807) is 19.4 Å². The molecule has 0 aliphatic carbocycles. The van der Waals surface area contributed by atoms with E-state index in [0.29, 0.717) is 31.1 Å². The quantitative estimate of drug-likeness (QED) is 0.106. The largest absolute Gasteiger partial charge is 0.383 e. The first-order valence-corrected chi connectivity index (χ1v) is 14.4. The van der Waals surface area contributed by atoms with Gasteiger partial charge in [0.15, 0.2) is 6.29 Å². The molecule has 0 spiro atoms. The summed E-state index contributed by atoms with van der Waals surface area (Å²) < 4.78 is 6.39. The van der Waals surface area contributed by atoms with Crippen LogP contribution in [0.2, 0.25) is 0 Å². The summed E-state index contributed by atoms with van der Waals surface area (Å²) in [7, 11) is 1.71. The van der Waals surface area contributed by atoms with Gasteiger partial charge in [0.25, 0.3) is 5.82 Å². The molecule has 3 aromatic rings. The number of benzene rings is 1. The highest BCUT2D eigenvalue weighted by Crippen LogP contribution is 2.22. The summed E-state index contributed by atoms with van der Waals surface area (Å²) in [5, 5.41) is 17.7. The third-order valence-electron chi connectivity index (χ3n) is 7.72. The number of pyridine rings is 1. The minimum Gasteiger partial charge on any atom is -0.383 e. The Kier molecular flexibility index (Phi) is 10.8. The van der Waals surface area contributed by atoms with Crippen LogP contribution in [0, 0.1) is 0 Å². The van der Waals surface area contributed by atoms with Crippen LogP contribution in [0.5, 0.6) is 0 Å². The molecule has 3 N–H and O–H groups in total. The second-order valence-electron chi connectivity index (χ2n) is 10.5. The molecule has 9 heteroatoms. The lowest BCUT2D eigenvalue weighted by Gasteiger charge is -2.29. The molecule has 0 bridgehead atoms. The summed E-state index contributed by atoms with van der Waals surface area (Å²) in [4.78, 5) is 24.0. The molecule has 1 aliphatic heterocycles. The normalized spacial score (nSPS) is 14.3. The lowest BCUT2D eigenvalue weighted by atomic mass is 9.93. The maximum Gasteiger partial charge on any atom is 0.307 e. The van der Waals surface area contributed by atoms with Gasteiger partial charge in [0.1, 0.15) is 17.6 Å². The SMILES string of the molecule is CCC(C=O)(CCN(CCCCc1ccc2c(n1)NCCC2)CCOC)Nc1ccnc(-c2ccccc2)[n+]1O. The van der Waals surface area contributed by atoms with Crippen LogP contribution in [0.4, 0.5) is 11.6 Å². The van der Waals surface area contributed by atoms with Gasteiger partial charge in [0, 0.05) is 44.9 Å². The Morgan fingerprint density at radius 2 is 2.00 bits per heavy atom. The van der Waals surface area contributed by atoms with E-state index in [2.05, 4.69) is 32.7 Å². The summed E-state index contributed by atoms with van der Waals surface area (Å²) in [5.41, 5.74) is 2.41. The Bertz CT molecular complexity index is 1220. The van der Waals surface area contributed by atoms with Crippen molar-refractivity contribution in [2.45, 2.75) is 57.4 Å². The summed E-state index contributed by atoms with van der Waals surface area (Å²) >= 11 is 0. The van der Waals surface area contributed by atoms with E-state index < -0.39 is 5.54 Å². The number of nitrogens with zero attached hydrogens (tertiary/aromatic N) is 4. The molecule has 0 radical (unpaired) electrons. The number of hydrogen-bond acceptors (Lipinski definition) is 8. The highest BCUT2D eigenvalue weighted by Gasteiger charge is 2.33. The first-order chi connectivity index (χ1) is 19.6. The van der Waals surface area contributed by atoms with Gasteiger partial charge in [0.2, 0.25) is 0 Å². The molecule has 0 saturated heterocycles.